The minimum absolute atomic E-state index is 0.0833. The summed E-state index contributed by atoms with van der Waals surface area (Å²) in [5.74, 6) is -0.316. The van der Waals surface area contributed by atoms with Gasteiger partial charge in [0.15, 0.2) is 0 Å². The fourth-order valence-corrected chi connectivity index (χ4v) is 2.61. The molecule has 0 saturated carbocycles. The van der Waals surface area contributed by atoms with Crippen LogP contribution in [0.5, 0.6) is 0 Å². The highest BCUT2D eigenvalue weighted by Gasteiger charge is 2.27. The lowest BCUT2D eigenvalue weighted by Gasteiger charge is -2.25. The van der Waals surface area contributed by atoms with E-state index in [0.29, 0.717) is 6.61 Å². The molecule has 0 aliphatic heterocycles. The maximum Gasteiger partial charge on any atom is 0.408 e. The van der Waals surface area contributed by atoms with Gasteiger partial charge in [0.05, 0.1) is 18.3 Å². The Labute approximate surface area is 136 Å². The number of alkyl carbamates (subject to hydrolysis) is 1. The molecule has 1 aromatic heterocycles. The van der Waals surface area contributed by atoms with Crippen molar-refractivity contribution < 1.29 is 19.1 Å². The van der Waals surface area contributed by atoms with Crippen molar-refractivity contribution in [2.75, 3.05) is 6.61 Å². The quantitative estimate of drug-likeness (QED) is 0.860. The molecular weight excluding hydrogens is 298 g/mol. The Morgan fingerprint density at radius 2 is 2.17 bits per heavy atom. The number of carbonyl (C=O) groups is 2. The first-order chi connectivity index (χ1) is 10.8. The van der Waals surface area contributed by atoms with Crippen LogP contribution in [-0.4, -0.2) is 34.1 Å². The summed E-state index contributed by atoms with van der Waals surface area (Å²) in [6.07, 6.45) is 4.07. The third-order valence-corrected chi connectivity index (χ3v) is 3.43. The number of hydrogen-bond acceptors (Lipinski definition) is 5. The van der Waals surface area contributed by atoms with Crippen LogP contribution in [0.3, 0.4) is 0 Å². The molecule has 1 aliphatic rings. The average Bonchev–Trinajstić information content (AvgIpc) is 2.80. The van der Waals surface area contributed by atoms with E-state index >= 15 is 0 Å². The molecule has 7 nitrogen and oxygen atoms in total. The summed E-state index contributed by atoms with van der Waals surface area (Å²) < 4.78 is 11.8. The van der Waals surface area contributed by atoms with E-state index in [-0.39, 0.29) is 18.6 Å². The van der Waals surface area contributed by atoms with Gasteiger partial charge >= 0.3 is 12.1 Å². The molecule has 0 bridgehead atoms. The highest BCUT2D eigenvalue weighted by atomic mass is 16.6. The van der Waals surface area contributed by atoms with Crippen molar-refractivity contribution in [2.45, 2.75) is 65.1 Å². The molecular formula is C16H25N3O4. The minimum atomic E-state index is -0.537. The summed E-state index contributed by atoms with van der Waals surface area (Å²) in [5.41, 5.74) is 1.33. The van der Waals surface area contributed by atoms with Crippen molar-refractivity contribution >= 4 is 12.1 Å². The Morgan fingerprint density at radius 3 is 2.83 bits per heavy atom. The number of fused-ring (bicyclic) bond motifs is 1. The predicted octanol–water partition coefficient (Wildman–Crippen LogP) is 2.35. The van der Waals surface area contributed by atoms with Crippen LogP contribution in [-0.2, 0) is 27.2 Å². The topological polar surface area (TPSA) is 82.5 Å². The summed E-state index contributed by atoms with van der Waals surface area (Å²) in [7, 11) is 0. The molecule has 1 N–H and O–H groups in total. The van der Waals surface area contributed by atoms with E-state index in [1.54, 1.807) is 11.6 Å². The van der Waals surface area contributed by atoms with E-state index in [2.05, 4.69) is 10.4 Å². The van der Waals surface area contributed by atoms with Gasteiger partial charge in [0.1, 0.15) is 12.1 Å². The van der Waals surface area contributed by atoms with Crippen molar-refractivity contribution in [1.82, 2.24) is 15.1 Å². The van der Waals surface area contributed by atoms with Gasteiger partial charge < -0.3 is 14.8 Å². The second-order valence-electron chi connectivity index (χ2n) is 6.63. The molecule has 1 heterocycles. The Balaban J connectivity index is 2.05. The molecule has 0 fully saturated rings. The molecule has 1 atom stereocenters. The third-order valence-electron chi connectivity index (χ3n) is 3.43. The first-order valence-corrected chi connectivity index (χ1v) is 8.00. The molecule has 2 rings (SSSR count). The van der Waals surface area contributed by atoms with E-state index in [4.69, 9.17) is 9.47 Å². The maximum atomic E-state index is 12.0. The molecule has 0 spiro atoms. The first kappa shape index (κ1) is 17.3. The average molecular weight is 323 g/mol. The Hall–Kier alpha value is -2.05. The largest absolute Gasteiger partial charge is 0.465 e. The van der Waals surface area contributed by atoms with E-state index in [0.717, 1.165) is 30.5 Å². The second kappa shape index (κ2) is 7.02. The number of hydrogen-bond donors (Lipinski definition) is 1. The number of aromatic nitrogens is 2. The lowest BCUT2D eigenvalue weighted by Crippen LogP contribution is -2.36. The van der Waals surface area contributed by atoms with Crippen LogP contribution in [0.1, 0.15) is 57.8 Å². The minimum Gasteiger partial charge on any atom is -0.465 e. The number of esters is 1. The number of aryl methyl sites for hydroxylation is 1. The zero-order valence-electron chi connectivity index (χ0n) is 14.2. The maximum absolute atomic E-state index is 12.0. The normalized spacial score (nSPS) is 17.3. The monoisotopic (exact) mass is 323 g/mol. The molecule has 0 radical (unpaired) electrons. The molecule has 128 valence electrons. The van der Waals surface area contributed by atoms with Crippen molar-refractivity contribution in [3.8, 4) is 0 Å². The van der Waals surface area contributed by atoms with Gasteiger partial charge in [-0.2, -0.15) is 5.10 Å². The Bertz CT molecular complexity index is 574. The van der Waals surface area contributed by atoms with Crippen LogP contribution in [0.4, 0.5) is 4.79 Å². The fraction of sp³-hybridized carbons (Fsp3) is 0.688. The van der Waals surface area contributed by atoms with E-state index in [1.165, 1.54) is 0 Å². The summed E-state index contributed by atoms with van der Waals surface area (Å²) in [4.78, 5) is 23.5. The second-order valence-corrected chi connectivity index (χ2v) is 6.63. The summed E-state index contributed by atoms with van der Waals surface area (Å²) in [6.45, 7) is 7.68. The lowest BCUT2D eigenvalue weighted by molar-refractivity contribution is -0.144. The summed E-state index contributed by atoms with van der Waals surface area (Å²) in [5, 5.41) is 7.32. The Morgan fingerprint density at radius 1 is 1.43 bits per heavy atom. The highest BCUT2D eigenvalue weighted by Crippen LogP contribution is 2.28. The molecule has 0 aromatic carbocycles. The number of amides is 1. The van der Waals surface area contributed by atoms with Crippen molar-refractivity contribution in [3.05, 3.63) is 17.5 Å². The number of rotatable bonds is 4. The number of nitrogens with zero attached hydrogens (tertiary/aromatic N) is 2. The molecule has 23 heavy (non-hydrogen) atoms. The number of nitrogens with one attached hydrogen (secondary N) is 1. The van der Waals surface area contributed by atoms with Crippen molar-refractivity contribution in [1.29, 1.82) is 0 Å². The van der Waals surface area contributed by atoms with E-state index in [1.807, 2.05) is 27.0 Å². The molecule has 1 aromatic rings. The highest BCUT2D eigenvalue weighted by molar-refractivity contribution is 5.69. The van der Waals surface area contributed by atoms with Crippen LogP contribution < -0.4 is 5.32 Å². The third kappa shape index (κ3) is 4.97. The van der Waals surface area contributed by atoms with Gasteiger partial charge in [0, 0.05) is 6.20 Å². The number of ether oxygens (including phenoxy) is 2. The standard InChI is InChI=1S/C16H25N3O4/c1-5-22-13(20)10-19-9-11-7-6-8-12(14(11)18-19)17-15(21)23-16(2,3)4/h9,12H,5-8,10H2,1-4H3,(H,17,21)/t12-/m0/s1. The number of carbonyl (C=O) groups excluding carboxylic acids is 2. The van der Waals surface area contributed by atoms with Crippen molar-refractivity contribution in [3.63, 3.8) is 0 Å². The van der Waals surface area contributed by atoms with Gasteiger partial charge in [-0.15, -0.1) is 0 Å². The van der Waals surface area contributed by atoms with Gasteiger partial charge in [-0.3, -0.25) is 9.48 Å². The predicted molar refractivity (Wildman–Crippen MR) is 83.9 cm³/mol. The van der Waals surface area contributed by atoms with Crippen LogP contribution >= 0.6 is 0 Å². The SMILES string of the molecule is CCOC(=O)Cn1cc2c(n1)[C@@H](NC(=O)OC(C)(C)C)CCC2. The molecule has 0 unspecified atom stereocenters. The zero-order chi connectivity index (χ0) is 17.0. The van der Waals surface area contributed by atoms with E-state index < -0.39 is 11.7 Å². The summed E-state index contributed by atoms with van der Waals surface area (Å²) >= 11 is 0. The van der Waals surface area contributed by atoms with Gasteiger partial charge in [-0.25, -0.2) is 4.79 Å². The fourth-order valence-electron chi connectivity index (χ4n) is 2.61. The van der Waals surface area contributed by atoms with Crippen LogP contribution in [0, 0.1) is 0 Å². The smallest absolute Gasteiger partial charge is 0.408 e. The van der Waals surface area contributed by atoms with Crippen LogP contribution in [0.15, 0.2) is 6.20 Å². The van der Waals surface area contributed by atoms with Gasteiger partial charge in [0.2, 0.25) is 0 Å². The Kier molecular flexibility index (Phi) is 5.28. The first-order valence-electron chi connectivity index (χ1n) is 8.00. The van der Waals surface area contributed by atoms with Crippen LogP contribution in [0.25, 0.3) is 0 Å². The van der Waals surface area contributed by atoms with Gasteiger partial charge in [-0.1, -0.05) is 0 Å². The van der Waals surface area contributed by atoms with Crippen molar-refractivity contribution in [2.24, 2.45) is 0 Å². The van der Waals surface area contributed by atoms with Gasteiger partial charge in [0.25, 0.3) is 0 Å². The van der Waals surface area contributed by atoms with Gasteiger partial charge in [-0.05, 0) is 52.5 Å². The van der Waals surface area contributed by atoms with E-state index in [9.17, 15) is 9.59 Å². The molecule has 7 heteroatoms. The molecule has 0 saturated heterocycles. The molecule has 1 aliphatic carbocycles. The molecule has 1 amide bonds. The zero-order valence-corrected chi connectivity index (χ0v) is 14.2. The van der Waals surface area contributed by atoms with Crippen LogP contribution in [0.2, 0.25) is 0 Å². The summed E-state index contributed by atoms with van der Waals surface area (Å²) in [6, 6.07) is -0.183. The lowest BCUT2D eigenvalue weighted by atomic mass is 9.94.